The van der Waals surface area contributed by atoms with Crippen molar-refractivity contribution in [2.45, 2.75) is 45.1 Å². The maximum Gasteiger partial charge on any atom is 0.246 e. The summed E-state index contributed by atoms with van der Waals surface area (Å²) in [4.78, 5) is 4.45. The van der Waals surface area contributed by atoms with E-state index in [-0.39, 0.29) is 6.10 Å². The van der Waals surface area contributed by atoms with Crippen LogP contribution >= 0.6 is 11.8 Å². The van der Waals surface area contributed by atoms with Gasteiger partial charge in [-0.25, -0.2) is 4.99 Å². The molecule has 15 heavy (non-hydrogen) atoms. The van der Waals surface area contributed by atoms with Gasteiger partial charge in [-0.05, 0) is 38.0 Å². The summed E-state index contributed by atoms with van der Waals surface area (Å²) in [5, 5.41) is 0.847. The molecular formula is C12H21NOS. The molecule has 0 saturated heterocycles. The summed E-state index contributed by atoms with van der Waals surface area (Å²) in [5.74, 6) is 0. The van der Waals surface area contributed by atoms with E-state index in [1.54, 1.807) is 11.8 Å². The molecule has 0 bridgehead atoms. The Morgan fingerprint density at radius 1 is 1.60 bits per heavy atom. The van der Waals surface area contributed by atoms with E-state index in [4.69, 9.17) is 4.74 Å². The van der Waals surface area contributed by atoms with Crippen LogP contribution in [0, 0.1) is 0 Å². The van der Waals surface area contributed by atoms with E-state index in [1.165, 1.54) is 19.3 Å². The normalized spacial score (nSPS) is 21.7. The molecule has 2 nitrogen and oxygen atoms in total. The van der Waals surface area contributed by atoms with E-state index in [1.807, 2.05) is 6.26 Å². The molecule has 0 aromatic rings. The second-order valence-electron chi connectivity index (χ2n) is 3.72. The minimum absolute atomic E-state index is 0.256. The summed E-state index contributed by atoms with van der Waals surface area (Å²) < 4.78 is 5.81. The highest BCUT2D eigenvalue weighted by Gasteiger charge is 2.11. The zero-order chi connectivity index (χ0) is 10.9. The molecule has 1 atom stereocenters. The molecule has 0 fully saturated rings. The SMILES string of the molecule is CCCCN=C(OC1C=CCCC1)SC. The van der Waals surface area contributed by atoms with Crippen molar-refractivity contribution in [3.05, 3.63) is 12.2 Å². The average Bonchev–Trinajstić information content (AvgIpc) is 2.29. The van der Waals surface area contributed by atoms with Crippen LogP contribution in [0.4, 0.5) is 0 Å². The van der Waals surface area contributed by atoms with Crippen molar-refractivity contribution in [2.75, 3.05) is 12.8 Å². The molecule has 0 N–H and O–H groups in total. The van der Waals surface area contributed by atoms with E-state index >= 15 is 0 Å². The molecule has 1 aliphatic carbocycles. The Labute approximate surface area is 97.2 Å². The number of aliphatic imine (C=N–C) groups is 1. The Kier molecular flexibility index (Phi) is 6.57. The van der Waals surface area contributed by atoms with Crippen molar-refractivity contribution in [3.8, 4) is 0 Å². The Morgan fingerprint density at radius 2 is 2.47 bits per heavy atom. The molecular weight excluding hydrogens is 206 g/mol. The number of unbranched alkanes of at least 4 members (excludes halogenated alkanes) is 1. The predicted molar refractivity (Wildman–Crippen MR) is 68.6 cm³/mol. The fraction of sp³-hybridized carbons (Fsp3) is 0.750. The predicted octanol–water partition coefficient (Wildman–Crippen LogP) is 3.63. The summed E-state index contributed by atoms with van der Waals surface area (Å²) in [6.45, 7) is 3.07. The third-order valence-corrected chi connectivity index (χ3v) is 2.96. The molecule has 0 radical (unpaired) electrons. The van der Waals surface area contributed by atoms with Gasteiger partial charge >= 0.3 is 0 Å². The number of hydrogen-bond acceptors (Lipinski definition) is 3. The molecule has 0 aromatic heterocycles. The lowest BCUT2D eigenvalue weighted by Gasteiger charge is -2.18. The molecule has 0 spiro atoms. The van der Waals surface area contributed by atoms with Gasteiger partial charge in [0.2, 0.25) is 5.23 Å². The lowest BCUT2D eigenvalue weighted by Crippen LogP contribution is -2.16. The highest BCUT2D eigenvalue weighted by molar-refractivity contribution is 8.12. The van der Waals surface area contributed by atoms with Crippen LogP contribution in [0.3, 0.4) is 0 Å². The van der Waals surface area contributed by atoms with Crippen LogP contribution in [0.25, 0.3) is 0 Å². The van der Waals surface area contributed by atoms with Crippen LogP contribution in [0.15, 0.2) is 17.1 Å². The van der Waals surface area contributed by atoms with Crippen molar-refractivity contribution in [1.82, 2.24) is 0 Å². The molecule has 1 rings (SSSR count). The van der Waals surface area contributed by atoms with Crippen LogP contribution in [0.5, 0.6) is 0 Å². The second kappa shape index (κ2) is 7.80. The largest absolute Gasteiger partial charge is 0.466 e. The van der Waals surface area contributed by atoms with E-state index in [0.29, 0.717) is 0 Å². The third-order valence-electron chi connectivity index (χ3n) is 2.39. The maximum atomic E-state index is 5.81. The maximum absolute atomic E-state index is 5.81. The molecule has 1 aliphatic rings. The van der Waals surface area contributed by atoms with E-state index in [9.17, 15) is 0 Å². The van der Waals surface area contributed by atoms with Gasteiger partial charge in [-0.2, -0.15) is 0 Å². The minimum atomic E-state index is 0.256. The van der Waals surface area contributed by atoms with Crippen LogP contribution in [-0.2, 0) is 4.74 Å². The Balaban J connectivity index is 2.34. The van der Waals surface area contributed by atoms with Crippen molar-refractivity contribution in [1.29, 1.82) is 0 Å². The van der Waals surface area contributed by atoms with Crippen LogP contribution < -0.4 is 0 Å². The van der Waals surface area contributed by atoms with Crippen molar-refractivity contribution in [2.24, 2.45) is 4.99 Å². The van der Waals surface area contributed by atoms with Gasteiger partial charge in [0.1, 0.15) is 6.10 Å². The second-order valence-corrected chi connectivity index (χ2v) is 4.48. The highest BCUT2D eigenvalue weighted by atomic mass is 32.2. The number of ether oxygens (including phenoxy) is 1. The molecule has 3 heteroatoms. The van der Waals surface area contributed by atoms with Crippen molar-refractivity contribution >= 4 is 17.0 Å². The summed E-state index contributed by atoms with van der Waals surface area (Å²) in [7, 11) is 0. The van der Waals surface area contributed by atoms with Gasteiger partial charge < -0.3 is 4.74 Å². The molecule has 0 amide bonds. The number of hydrogen-bond donors (Lipinski definition) is 0. The first-order valence-electron chi connectivity index (χ1n) is 5.78. The zero-order valence-corrected chi connectivity index (χ0v) is 10.6. The molecule has 0 saturated carbocycles. The van der Waals surface area contributed by atoms with Gasteiger partial charge in [0.25, 0.3) is 0 Å². The molecule has 1 unspecified atom stereocenters. The fourth-order valence-corrected chi connectivity index (χ4v) is 1.93. The smallest absolute Gasteiger partial charge is 0.246 e. The molecule has 0 aliphatic heterocycles. The average molecular weight is 227 g/mol. The van der Waals surface area contributed by atoms with Crippen LogP contribution in [-0.4, -0.2) is 24.1 Å². The Morgan fingerprint density at radius 3 is 3.07 bits per heavy atom. The quantitative estimate of drug-likeness (QED) is 0.316. The van der Waals surface area contributed by atoms with E-state index in [2.05, 4.69) is 24.1 Å². The fourth-order valence-electron chi connectivity index (χ4n) is 1.49. The van der Waals surface area contributed by atoms with Crippen molar-refractivity contribution in [3.63, 3.8) is 0 Å². The number of rotatable bonds is 4. The van der Waals surface area contributed by atoms with Gasteiger partial charge in [0, 0.05) is 6.54 Å². The van der Waals surface area contributed by atoms with E-state index < -0.39 is 0 Å². The lowest BCUT2D eigenvalue weighted by atomic mass is 10.1. The van der Waals surface area contributed by atoms with Gasteiger partial charge in [-0.15, -0.1) is 0 Å². The zero-order valence-electron chi connectivity index (χ0n) is 9.74. The first kappa shape index (κ1) is 12.6. The molecule has 0 heterocycles. The number of allylic oxidation sites excluding steroid dienone is 1. The topological polar surface area (TPSA) is 21.6 Å². The van der Waals surface area contributed by atoms with Gasteiger partial charge in [0.05, 0.1) is 0 Å². The van der Waals surface area contributed by atoms with E-state index in [0.717, 1.165) is 24.6 Å². The first-order chi connectivity index (χ1) is 7.36. The molecule has 86 valence electrons. The Bertz CT molecular complexity index is 226. The van der Waals surface area contributed by atoms with Crippen LogP contribution in [0.1, 0.15) is 39.0 Å². The number of thioether (sulfide) groups is 1. The summed E-state index contributed by atoms with van der Waals surface area (Å²) in [6.07, 6.45) is 12.5. The first-order valence-corrected chi connectivity index (χ1v) is 7.01. The number of nitrogens with zero attached hydrogens (tertiary/aromatic N) is 1. The van der Waals surface area contributed by atoms with Gasteiger partial charge in [-0.1, -0.05) is 31.2 Å². The van der Waals surface area contributed by atoms with Gasteiger partial charge in [-0.3, -0.25) is 0 Å². The monoisotopic (exact) mass is 227 g/mol. The Hall–Kier alpha value is -0.440. The minimum Gasteiger partial charge on any atom is -0.466 e. The lowest BCUT2D eigenvalue weighted by molar-refractivity contribution is 0.223. The summed E-state index contributed by atoms with van der Waals surface area (Å²) in [6, 6.07) is 0. The third kappa shape index (κ3) is 5.26. The van der Waals surface area contributed by atoms with Crippen LogP contribution in [0.2, 0.25) is 0 Å². The standard InChI is InChI=1S/C12H21NOS/c1-3-4-10-13-12(15-2)14-11-8-6-5-7-9-11/h6,8,11H,3-5,7,9-10H2,1-2H3. The highest BCUT2D eigenvalue weighted by Crippen LogP contribution is 2.16. The summed E-state index contributed by atoms with van der Waals surface area (Å²) in [5.41, 5.74) is 0. The molecule has 0 aromatic carbocycles. The van der Waals surface area contributed by atoms with Crippen molar-refractivity contribution < 1.29 is 4.74 Å². The summed E-state index contributed by atoms with van der Waals surface area (Å²) >= 11 is 1.61. The van der Waals surface area contributed by atoms with Gasteiger partial charge in [0.15, 0.2) is 0 Å².